The lowest BCUT2D eigenvalue weighted by atomic mass is 10.2. The van der Waals surface area contributed by atoms with Crippen LogP contribution in [0.1, 0.15) is 19.3 Å². The van der Waals surface area contributed by atoms with Gasteiger partial charge in [0.25, 0.3) is 0 Å². The third kappa shape index (κ3) is 1.94. The molecule has 0 aromatic carbocycles. The average molecular weight is 172 g/mol. The maximum Gasteiger partial charge on any atom is 0.429 e. The quantitative estimate of drug-likeness (QED) is 0.617. The van der Waals surface area contributed by atoms with Gasteiger partial charge in [0.2, 0.25) is 6.41 Å². The highest BCUT2D eigenvalue weighted by molar-refractivity contribution is 5.77. The Kier molecular flexibility index (Phi) is 3.04. The van der Waals surface area contributed by atoms with Crippen LogP contribution < -0.4 is 0 Å². The fourth-order valence-electron chi connectivity index (χ4n) is 1.33. The number of carbonyl (C=O) groups excluding carboxylic acids is 1. The van der Waals surface area contributed by atoms with E-state index in [2.05, 4.69) is 0 Å². The van der Waals surface area contributed by atoms with Crippen LogP contribution in [0.25, 0.3) is 0 Å². The first kappa shape index (κ1) is 8.99. The van der Waals surface area contributed by atoms with E-state index in [1.807, 2.05) is 0 Å². The van der Waals surface area contributed by atoms with E-state index in [9.17, 15) is 9.59 Å². The molecule has 1 saturated heterocycles. The molecule has 5 heteroatoms. The zero-order valence-corrected chi connectivity index (χ0v) is 6.77. The molecule has 1 fully saturated rings. The molecule has 0 saturated carbocycles. The molecule has 1 rings (SSSR count). The van der Waals surface area contributed by atoms with Crippen LogP contribution in [0.3, 0.4) is 0 Å². The molecule has 0 radical (unpaired) electrons. The Morgan fingerprint density at radius 2 is 1.92 bits per heavy atom. The number of carboxylic acid groups (broad SMARTS) is 1. The van der Waals surface area contributed by atoms with Crippen LogP contribution in [0.2, 0.25) is 0 Å². The van der Waals surface area contributed by atoms with Gasteiger partial charge in [0.1, 0.15) is 0 Å². The van der Waals surface area contributed by atoms with Gasteiger partial charge >= 0.3 is 6.09 Å². The average Bonchev–Trinajstić information content (AvgIpc) is 2.07. The molecule has 1 aliphatic rings. The lowest BCUT2D eigenvalue weighted by Gasteiger charge is -2.30. The van der Waals surface area contributed by atoms with E-state index in [1.165, 1.54) is 0 Å². The van der Waals surface area contributed by atoms with Crippen molar-refractivity contribution < 1.29 is 14.7 Å². The number of imide groups is 1. The standard InChI is InChI=1S/C7H12N2O3/c10-6-9(7(11)12)8-4-2-1-3-5-8/h6H,1-5H2,(H,11,12). The summed E-state index contributed by atoms with van der Waals surface area (Å²) < 4.78 is 0. The van der Waals surface area contributed by atoms with Crippen molar-refractivity contribution in [2.75, 3.05) is 13.1 Å². The minimum Gasteiger partial charge on any atom is -0.464 e. The number of carbonyl (C=O) groups is 2. The Morgan fingerprint density at radius 3 is 2.33 bits per heavy atom. The summed E-state index contributed by atoms with van der Waals surface area (Å²) in [4.78, 5) is 20.8. The van der Waals surface area contributed by atoms with Crippen LogP contribution in [0.5, 0.6) is 0 Å². The van der Waals surface area contributed by atoms with Crippen molar-refractivity contribution in [2.24, 2.45) is 0 Å². The molecule has 0 bridgehead atoms. The number of nitrogens with zero attached hydrogens (tertiary/aromatic N) is 2. The van der Waals surface area contributed by atoms with Crippen molar-refractivity contribution in [3.63, 3.8) is 0 Å². The normalized spacial score (nSPS) is 18.7. The van der Waals surface area contributed by atoms with Crippen molar-refractivity contribution in [2.45, 2.75) is 19.3 Å². The van der Waals surface area contributed by atoms with E-state index in [0.717, 1.165) is 24.3 Å². The highest BCUT2D eigenvalue weighted by Gasteiger charge is 2.21. The predicted octanol–water partition coefficient (Wildman–Crippen LogP) is 0.524. The zero-order chi connectivity index (χ0) is 8.97. The summed E-state index contributed by atoms with van der Waals surface area (Å²) in [6, 6.07) is 0. The predicted molar refractivity (Wildman–Crippen MR) is 41.4 cm³/mol. The summed E-state index contributed by atoms with van der Waals surface area (Å²) in [6.07, 6.45) is 2.16. The summed E-state index contributed by atoms with van der Waals surface area (Å²) in [5.41, 5.74) is 0. The van der Waals surface area contributed by atoms with E-state index in [-0.39, 0.29) is 0 Å². The third-order valence-corrected chi connectivity index (χ3v) is 1.93. The number of amides is 2. The lowest BCUT2D eigenvalue weighted by molar-refractivity contribution is -0.130. The largest absolute Gasteiger partial charge is 0.464 e. The van der Waals surface area contributed by atoms with Crippen LogP contribution in [-0.2, 0) is 4.79 Å². The summed E-state index contributed by atoms with van der Waals surface area (Å²) in [5, 5.41) is 10.9. The Labute approximate surface area is 70.5 Å². The summed E-state index contributed by atoms with van der Waals surface area (Å²) in [5.74, 6) is 0. The van der Waals surface area contributed by atoms with Crippen molar-refractivity contribution in [1.82, 2.24) is 10.0 Å². The van der Waals surface area contributed by atoms with E-state index >= 15 is 0 Å². The lowest BCUT2D eigenvalue weighted by Crippen LogP contribution is -2.47. The smallest absolute Gasteiger partial charge is 0.429 e. The monoisotopic (exact) mass is 172 g/mol. The van der Waals surface area contributed by atoms with Crippen LogP contribution in [0.15, 0.2) is 0 Å². The molecule has 0 aromatic heterocycles. The Bertz CT molecular complexity index is 177. The van der Waals surface area contributed by atoms with Crippen molar-refractivity contribution in [3.05, 3.63) is 0 Å². The van der Waals surface area contributed by atoms with Gasteiger partial charge in [0, 0.05) is 13.1 Å². The second kappa shape index (κ2) is 4.06. The summed E-state index contributed by atoms with van der Waals surface area (Å²) in [7, 11) is 0. The molecule has 12 heavy (non-hydrogen) atoms. The van der Waals surface area contributed by atoms with Crippen LogP contribution in [-0.4, -0.2) is 40.7 Å². The minimum absolute atomic E-state index is 0.341. The fourth-order valence-corrected chi connectivity index (χ4v) is 1.33. The zero-order valence-electron chi connectivity index (χ0n) is 6.77. The van der Waals surface area contributed by atoms with Crippen molar-refractivity contribution in [1.29, 1.82) is 0 Å². The van der Waals surface area contributed by atoms with Gasteiger partial charge in [-0.2, -0.15) is 5.01 Å². The van der Waals surface area contributed by atoms with Crippen molar-refractivity contribution in [3.8, 4) is 0 Å². The first-order valence-corrected chi connectivity index (χ1v) is 3.98. The molecular formula is C7H12N2O3. The number of hydrazine groups is 1. The number of hydrogen-bond donors (Lipinski definition) is 1. The molecular weight excluding hydrogens is 160 g/mol. The van der Waals surface area contributed by atoms with Gasteiger partial charge in [-0.05, 0) is 12.8 Å². The molecule has 0 spiro atoms. The van der Waals surface area contributed by atoms with Gasteiger partial charge in [0.15, 0.2) is 0 Å². The maximum atomic E-state index is 10.5. The highest BCUT2D eigenvalue weighted by atomic mass is 16.4. The molecule has 0 aliphatic carbocycles. The first-order chi connectivity index (χ1) is 5.75. The molecule has 1 aliphatic heterocycles. The molecule has 1 heterocycles. The third-order valence-electron chi connectivity index (χ3n) is 1.93. The highest BCUT2D eigenvalue weighted by Crippen LogP contribution is 2.10. The molecule has 2 amide bonds. The first-order valence-electron chi connectivity index (χ1n) is 3.98. The molecule has 0 aromatic rings. The Hall–Kier alpha value is -1.10. The maximum absolute atomic E-state index is 10.5. The van der Waals surface area contributed by atoms with Gasteiger partial charge < -0.3 is 5.11 Å². The van der Waals surface area contributed by atoms with E-state index < -0.39 is 6.09 Å². The van der Waals surface area contributed by atoms with Crippen LogP contribution >= 0.6 is 0 Å². The second-order valence-electron chi connectivity index (χ2n) is 2.75. The summed E-state index contributed by atoms with van der Waals surface area (Å²) >= 11 is 0. The molecule has 68 valence electrons. The van der Waals surface area contributed by atoms with Crippen molar-refractivity contribution >= 4 is 12.5 Å². The second-order valence-corrected chi connectivity index (χ2v) is 2.75. The van der Waals surface area contributed by atoms with Gasteiger partial charge in [-0.1, -0.05) is 6.42 Å². The van der Waals surface area contributed by atoms with E-state index in [0.29, 0.717) is 19.5 Å². The van der Waals surface area contributed by atoms with Gasteiger partial charge in [0.05, 0.1) is 0 Å². The number of piperidine rings is 1. The topological polar surface area (TPSA) is 60.9 Å². The molecule has 1 N–H and O–H groups in total. The SMILES string of the molecule is O=CN(C(=O)O)N1CCCCC1. The van der Waals surface area contributed by atoms with E-state index in [1.54, 1.807) is 5.01 Å². The molecule has 5 nitrogen and oxygen atoms in total. The summed E-state index contributed by atoms with van der Waals surface area (Å²) in [6.45, 7) is 1.32. The van der Waals surface area contributed by atoms with Gasteiger partial charge in [-0.3, -0.25) is 4.79 Å². The minimum atomic E-state index is -1.20. The number of rotatable bonds is 2. The fraction of sp³-hybridized carbons (Fsp3) is 0.714. The molecule has 0 atom stereocenters. The molecule has 0 unspecified atom stereocenters. The van der Waals surface area contributed by atoms with E-state index in [4.69, 9.17) is 5.11 Å². The van der Waals surface area contributed by atoms with Crippen LogP contribution in [0.4, 0.5) is 4.79 Å². The Morgan fingerprint density at radius 1 is 1.33 bits per heavy atom. The van der Waals surface area contributed by atoms with Crippen LogP contribution in [0, 0.1) is 0 Å². The van der Waals surface area contributed by atoms with Gasteiger partial charge in [-0.25, -0.2) is 9.80 Å². The van der Waals surface area contributed by atoms with Gasteiger partial charge in [-0.15, -0.1) is 0 Å². The Balaban J connectivity index is 2.51. The number of hydrogen-bond acceptors (Lipinski definition) is 3.